The largest absolute Gasteiger partial charge is 0.507 e. The van der Waals surface area contributed by atoms with Crippen molar-refractivity contribution in [1.29, 1.82) is 0 Å². The van der Waals surface area contributed by atoms with Crippen molar-refractivity contribution in [3.63, 3.8) is 0 Å². The molecule has 1 rings (SSSR count). The Bertz CT molecular complexity index is 361. The number of hydrogen-bond donors (Lipinski definition) is 2. The van der Waals surface area contributed by atoms with Crippen LogP contribution >= 0.6 is 0 Å². The molecule has 15 heavy (non-hydrogen) atoms. The normalized spacial score (nSPS) is 12.6. The van der Waals surface area contributed by atoms with Gasteiger partial charge in [-0.15, -0.1) is 0 Å². The van der Waals surface area contributed by atoms with Gasteiger partial charge >= 0.3 is 0 Å². The van der Waals surface area contributed by atoms with Crippen LogP contribution in [0.1, 0.15) is 29.5 Å². The molecule has 1 atom stereocenters. The van der Waals surface area contributed by atoms with Crippen molar-refractivity contribution in [1.82, 2.24) is 0 Å². The third kappa shape index (κ3) is 2.07. The fraction of sp³-hybridized carbons (Fsp3) is 0.500. The molecule has 3 N–H and O–H groups in total. The lowest BCUT2D eigenvalue weighted by Gasteiger charge is -2.18. The number of benzene rings is 1. The van der Waals surface area contributed by atoms with Crippen LogP contribution in [-0.4, -0.2) is 18.8 Å². The maximum atomic E-state index is 10.1. The molecule has 0 aliphatic carbocycles. The molecule has 3 nitrogen and oxygen atoms in total. The average molecular weight is 209 g/mol. The topological polar surface area (TPSA) is 55.5 Å². The fourth-order valence-electron chi connectivity index (χ4n) is 1.84. The van der Waals surface area contributed by atoms with E-state index in [-0.39, 0.29) is 5.92 Å². The van der Waals surface area contributed by atoms with Gasteiger partial charge in [0, 0.05) is 11.1 Å². The second-order valence-electron chi connectivity index (χ2n) is 3.92. The Balaban J connectivity index is 3.35. The van der Waals surface area contributed by atoms with Crippen molar-refractivity contribution in [2.24, 2.45) is 5.73 Å². The van der Waals surface area contributed by atoms with E-state index in [2.05, 4.69) is 0 Å². The predicted octanol–water partition coefficient (Wildman–Crippen LogP) is 2.08. The van der Waals surface area contributed by atoms with Crippen molar-refractivity contribution in [3.05, 3.63) is 22.8 Å². The van der Waals surface area contributed by atoms with Crippen molar-refractivity contribution >= 4 is 0 Å². The highest BCUT2D eigenvalue weighted by Crippen LogP contribution is 2.37. The first-order valence-electron chi connectivity index (χ1n) is 5.10. The van der Waals surface area contributed by atoms with Gasteiger partial charge in [-0.25, -0.2) is 0 Å². The van der Waals surface area contributed by atoms with Crippen LogP contribution in [0.4, 0.5) is 0 Å². The zero-order chi connectivity index (χ0) is 11.6. The number of methoxy groups -OCH3 is 1. The Kier molecular flexibility index (Phi) is 3.58. The molecule has 0 saturated carbocycles. The number of aromatic hydroxyl groups is 1. The van der Waals surface area contributed by atoms with Gasteiger partial charge in [0.25, 0.3) is 0 Å². The van der Waals surface area contributed by atoms with Crippen LogP contribution < -0.4 is 10.5 Å². The van der Waals surface area contributed by atoms with Crippen LogP contribution in [0.15, 0.2) is 6.07 Å². The molecule has 0 aromatic heterocycles. The van der Waals surface area contributed by atoms with Gasteiger partial charge in [-0.1, -0.05) is 6.92 Å². The van der Waals surface area contributed by atoms with Crippen molar-refractivity contribution in [3.8, 4) is 11.5 Å². The van der Waals surface area contributed by atoms with Crippen molar-refractivity contribution < 1.29 is 9.84 Å². The first-order chi connectivity index (χ1) is 7.02. The number of phenols is 1. The Labute approximate surface area is 90.9 Å². The lowest BCUT2D eigenvalue weighted by molar-refractivity contribution is 0.399. The van der Waals surface area contributed by atoms with Gasteiger partial charge in [0.2, 0.25) is 0 Å². The van der Waals surface area contributed by atoms with Gasteiger partial charge in [0.1, 0.15) is 11.5 Å². The minimum Gasteiger partial charge on any atom is -0.507 e. The molecule has 0 spiro atoms. The van der Waals surface area contributed by atoms with Gasteiger partial charge in [0.15, 0.2) is 0 Å². The van der Waals surface area contributed by atoms with Gasteiger partial charge < -0.3 is 15.6 Å². The van der Waals surface area contributed by atoms with Crippen LogP contribution in [0.5, 0.6) is 11.5 Å². The highest BCUT2D eigenvalue weighted by molar-refractivity contribution is 5.53. The average Bonchev–Trinajstić information content (AvgIpc) is 2.23. The van der Waals surface area contributed by atoms with Crippen LogP contribution in [0, 0.1) is 13.8 Å². The maximum Gasteiger partial charge on any atom is 0.125 e. The highest BCUT2D eigenvalue weighted by Gasteiger charge is 2.17. The quantitative estimate of drug-likeness (QED) is 0.801. The fourth-order valence-corrected chi connectivity index (χ4v) is 1.84. The Morgan fingerprint density at radius 1 is 1.47 bits per heavy atom. The summed E-state index contributed by atoms with van der Waals surface area (Å²) in [6.45, 7) is 6.34. The van der Waals surface area contributed by atoms with E-state index < -0.39 is 0 Å². The van der Waals surface area contributed by atoms with Crippen LogP contribution in [0.2, 0.25) is 0 Å². The van der Waals surface area contributed by atoms with E-state index in [4.69, 9.17) is 10.5 Å². The second kappa shape index (κ2) is 4.53. The van der Waals surface area contributed by atoms with Gasteiger partial charge in [-0.3, -0.25) is 0 Å². The van der Waals surface area contributed by atoms with Crippen molar-refractivity contribution in [2.45, 2.75) is 26.7 Å². The standard InChI is InChI=1S/C12H19NO2/c1-7-5-10(15-4)9(3)12(14)11(7)8(2)6-13/h5,8,14H,6,13H2,1-4H3. The molecule has 1 aromatic carbocycles. The summed E-state index contributed by atoms with van der Waals surface area (Å²) in [5.74, 6) is 1.19. The molecule has 0 radical (unpaired) electrons. The summed E-state index contributed by atoms with van der Waals surface area (Å²) in [5, 5.41) is 10.1. The lowest BCUT2D eigenvalue weighted by atomic mass is 9.93. The minimum atomic E-state index is 0.162. The number of nitrogens with two attached hydrogens (primary N) is 1. The second-order valence-corrected chi connectivity index (χ2v) is 3.92. The summed E-state index contributed by atoms with van der Waals surface area (Å²) in [6, 6.07) is 1.94. The molecule has 0 saturated heterocycles. The first-order valence-corrected chi connectivity index (χ1v) is 5.10. The summed E-state index contributed by atoms with van der Waals surface area (Å²) in [7, 11) is 1.60. The number of aryl methyl sites for hydroxylation is 1. The molecule has 84 valence electrons. The van der Waals surface area contributed by atoms with Crippen LogP contribution in [0.25, 0.3) is 0 Å². The van der Waals surface area contributed by atoms with E-state index in [9.17, 15) is 5.11 Å². The van der Waals surface area contributed by atoms with Gasteiger partial charge in [-0.05, 0) is 37.9 Å². The zero-order valence-corrected chi connectivity index (χ0v) is 9.79. The molecule has 0 heterocycles. The monoisotopic (exact) mass is 209 g/mol. The SMILES string of the molecule is COc1cc(C)c(C(C)CN)c(O)c1C. The summed E-state index contributed by atoms with van der Waals surface area (Å²) in [6.07, 6.45) is 0. The van der Waals surface area contributed by atoms with E-state index in [1.165, 1.54) is 0 Å². The van der Waals surface area contributed by atoms with Crippen molar-refractivity contribution in [2.75, 3.05) is 13.7 Å². The summed E-state index contributed by atoms with van der Waals surface area (Å²) >= 11 is 0. The lowest BCUT2D eigenvalue weighted by Crippen LogP contribution is -2.11. The number of phenolic OH excluding ortho intramolecular Hbond substituents is 1. The van der Waals surface area contributed by atoms with E-state index in [0.29, 0.717) is 12.3 Å². The van der Waals surface area contributed by atoms with E-state index >= 15 is 0 Å². The van der Waals surface area contributed by atoms with E-state index in [0.717, 1.165) is 22.4 Å². The molecule has 0 aliphatic heterocycles. The van der Waals surface area contributed by atoms with E-state index in [1.807, 2.05) is 26.8 Å². The highest BCUT2D eigenvalue weighted by atomic mass is 16.5. The Morgan fingerprint density at radius 2 is 2.07 bits per heavy atom. The smallest absolute Gasteiger partial charge is 0.125 e. The number of hydrogen-bond acceptors (Lipinski definition) is 3. The molecule has 0 fully saturated rings. The van der Waals surface area contributed by atoms with Gasteiger partial charge in [-0.2, -0.15) is 0 Å². The summed E-state index contributed by atoms with van der Waals surface area (Å²) in [4.78, 5) is 0. The van der Waals surface area contributed by atoms with Crippen LogP contribution in [-0.2, 0) is 0 Å². The zero-order valence-electron chi connectivity index (χ0n) is 9.79. The third-order valence-corrected chi connectivity index (χ3v) is 2.82. The molecule has 0 bridgehead atoms. The Hall–Kier alpha value is -1.22. The van der Waals surface area contributed by atoms with Crippen LogP contribution in [0.3, 0.4) is 0 Å². The first kappa shape index (κ1) is 11.9. The predicted molar refractivity (Wildman–Crippen MR) is 61.6 cm³/mol. The molecule has 0 amide bonds. The summed E-state index contributed by atoms with van der Waals surface area (Å²) in [5.41, 5.74) is 8.34. The third-order valence-electron chi connectivity index (χ3n) is 2.82. The molecular weight excluding hydrogens is 190 g/mol. The number of ether oxygens (including phenoxy) is 1. The summed E-state index contributed by atoms with van der Waals surface area (Å²) < 4.78 is 5.18. The van der Waals surface area contributed by atoms with E-state index in [1.54, 1.807) is 7.11 Å². The molecule has 1 unspecified atom stereocenters. The number of rotatable bonds is 3. The molecular formula is C12H19NO2. The molecule has 3 heteroatoms. The maximum absolute atomic E-state index is 10.1. The Morgan fingerprint density at radius 3 is 2.53 bits per heavy atom. The molecule has 0 aliphatic rings. The molecule has 1 aromatic rings. The van der Waals surface area contributed by atoms with Gasteiger partial charge in [0.05, 0.1) is 7.11 Å². The minimum absolute atomic E-state index is 0.162.